The second-order valence-electron chi connectivity index (χ2n) is 6.46. The van der Waals surface area contributed by atoms with E-state index >= 15 is 0 Å². The molecule has 2 aromatic rings. The van der Waals surface area contributed by atoms with Crippen molar-refractivity contribution in [3.8, 4) is 5.75 Å². The molecule has 0 aliphatic carbocycles. The number of amides is 1. The first kappa shape index (κ1) is 17.5. The summed E-state index contributed by atoms with van der Waals surface area (Å²) in [6.45, 7) is 6.15. The molecule has 0 saturated carbocycles. The van der Waals surface area contributed by atoms with Gasteiger partial charge in [-0.1, -0.05) is 23.7 Å². The van der Waals surface area contributed by atoms with Crippen LogP contribution in [0.3, 0.4) is 0 Å². The van der Waals surface area contributed by atoms with E-state index in [1.807, 2.05) is 39.0 Å². The van der Waals surface area contributed by atoms with Gasteiger partial charge in [-0.15, -0.1) is 0 Å². The summed E-state index contributed by atoms with van der Waals surface area (Å²) in [5.41, 5.74) is 3.78. The number of benzene rings is 2. The lowest BCUT2D eigenvalue weighted by atomic mass is 10.1. The van der Waals surface area contributed by atoms with E-state index in [4.69, 9.17) is 16.3 Å². The zero-order valence-corrected chi connectivity index (χ0v) is 15.3. The van der Waals surface area contributed by atoms with Crippen LogP contribution in [0.25, 0.3) is 0 Å². The average molecular weight is 358 g/mol. The lowest BCUT2D eigenvalue weighted by Gasteiger charge is -2.19. The minimum atomic E-state index is -0.479. The molecule has 0 N–H and O–H groups in total. The molecule has 1 heterocycles. The molecule has 25 heavy (non-hydrogen) atoms. The molecule has 4 nitrogen and oxygen atoms in total. The number of hydrogen-bond acceptors (Lipinski definition) is 3. The van der Waals surface area contributed by atoms with Crippen molar-refractivity contribution in [3.63, 3.8) is 0 Å². The smallest absolute Gasteiger partial charge is 0.316 e. The zero-order valence-electron chi connectivity index (χ0n) is 14.5. The Labute approximate surface area is 152 Å². The largest absolute Gasteiger partial charge is 0.426 e. The van der Waals surface area contributed by atoms with Crippen molar-refractivity contribution in [2.24, 2.45) is 5.92 Å². The molecular formula is C20H20ClNO3. The van der Waals surface area contributed by atoms with Crippen molar-refractivity contribution in [1.82, 2.24) is 0 Å². The van der Waals surface area contributed by atoms with Crippen LogP contribution >= 0.6 is 11.6 Å². The number of nitrogens with zero attached hydrogens (tertiary/aromatic N) is 1. The van der Waals surface area contributed by atoms with E-state index in [0.717, 1.165) is 22.4 Å². The van der Waals surface area contributed by atoms with Crippen molar-refractivity contribution in [2.45, 2.75) is 27.2 Å². The van der Waals surface area contributed by atoms with Crippen molar-refractivity contribution in [2.75, 3.05) is 11.4 Å². The highest BCUT2D eigenvalue weighted by atomic mass is 35.5. The van der Waals surface area contributed by atoms with Gasteiger partial charge in [-0.3, -0.25) is 9.59 Å². The van der Waals surface area contributed by atoms with Crippen molar-refractivity contribution in [1.29, 1.82) is 0 Å². The van der Waals surface area contributed by atoms with E-state index in [1.165, 1.54) is 0 Å². The topological polar surface area (TPSA) is 46.6 Å². The molecule has 5 heteroatoms. The molecule has 1 saturated heterocycles. The van der Waals surface area contributed by atoms with Crippen LogP contribution in [-0.4, -0.2) is 18.4 Å². The Balaban J connectivity index is 1.74. The fourth-order valence-corrected chi connectivity index (χ4v) is 3.13. The van der Waals surface area contributed by atoms with Crippen LogP contribution in [-0.2, 0) is 9.59 Å². The van der Waals surface area contributed by atoms with E-state index in [9.17, 15) is 9.59 Å². The molecular weight excluding hydrogens is 338 g/mol. The molecule has 1 fully saturated rings. The summed E-state index contributed by atoms with van der Waals surface area (Å²) < 4.78 is 5.48. The van der Waals surface area contributed by atoms with E-state index in [2.05, 4.69) is 0 Å². The molecule has 0 radical (unpaired) electrons. The Morgan fingerprint density at radius 3 is 2.64 bits per heavy atom. The predicted octanol–water partition coefficient (Wildman–Crippen LogP) is 4.22. The summed E-state index contributed by atoms with van der Waals surface area (Å²) in [5.74, 6) is -0.434. The van der Waals surface area contributed by atoms with E-state index in [0.29, 0.717) is 17.3 Å². The van der Waals surface area contributed by atoms with Crippen LogP contribution in [0.5, 0.6) is 5.75 Å². The lowest BCUT2D eigenvalue weighted by molar-refractivity contribution is -0.139. The summed E-state index contributed by atoms with van der Waals surface area (Å²) >= 11 is 6.14. The molecule has 1 aliphatic heterocycles. The van der Waals surface area contributed by atoms with Crippen LogP contribution in [0.4, 0.5) is 5.69 Å². The van der Waals surface area contributed by atoms with Gasteiger partial charge < -0.3 is 9.64 Å². The standard InChI is InChI=1S/C20H20ClNO3/c1-12-7-8-16(9-13(12)2)25-20(24)15-10-19(23)22(11-15)18-6-4-5-17(21)14(18)3/h4-9,15H,10-11H2,1-3H3/t15-/m0/s1. The van der Waals surface area contributed by atoms with Crippen LogP contribution in [0, 0.1) is 26.7 Å². The number of halogens is 1. The SMILES string of the molecule is Cc1ccc(OC(=O)[C@H]2CC(=O)N(c3cccc(Cl)c3C)C2)cc1C. The van der Waals surface area contributed by atoms with Gasteiger partial charge in [-0.25, -0.2) is 0 Å². The fourth-order valence-electron chi connectivity index (χ4n) is 2.96. The highest BCUT2D eigenvalue weighted by Gasteiger charge is 2.37. The Hall–Kier alpha value is -2.33. The van der Waals surface area contributed by atoms with Gasteiger partial charge in [0, 0.05) is 23.7 Å². The van der Waals surface area contributed by atoms with Gasteiger partial charge in [-0.2, -0.15) is 0 Å². The summed E-state index contributed by atoms with van der Waals surface area (Å²) in [6.07, 6.45) is 0.148. The second kappa shape index (κ2) is 6.89. The van der Waals surface area contributed by atoms with Crippen LogP contribution in [0.15, 0.2) is 36.4 Å². The molecule has 1 aliphatic rings. The van der Waals surface area contributed by atoms with Gasteiger partial charge in [0.15, 0.2) is 0 Å². The van der Waals surface area contributed by atoms with Gasteiger partial charge in [0.05, 0.1) is 5.92 Å². The molecule has 0 bridgehead atoms. The summed E-state index contributed by atoms with van der Waals surface area (Å²) in [7, 11) is 0. The van der Waals surface area contributed by atoms with E-state index < -0.39 is 5.92 Å². The van der Waals surface area contributed by atoms with Gasteiger partial charge in [-0.05, 0) is 61.7 Å². The maximum absolute atomic E-state index is 12.5. The summed E-state index contributed by atoms with van der Waals surface area (Å²) in [4.78, 5) is 26.5. The third-order valence-electron chi connectivity index (χ3n) is 4.69. The molecule has 2 aromatic carbocycles. The van der Waals surface area contributed by atoms with Crippen LogP contribution in [0.1, 0.15) is 23.1 Å². The van der Waals surface area contributed by atoms with Gasteiger partial charge in [0.25, 0.3) is 0 Å². The number of esters is 1. The average Bonchev–Trinajstić information content (AvgIpc) is 2.95. The maximum Gasteiger partial charge on any atom is 0.316 e. The predicted molar refractivity (Wildman–Crippen MR) is 98.2 cm³/mol. The van der Waals surface area contributed by atoms with Gasteiger partial charge in [0.1, 0.15) is 5.75 Å². The number of rotatable bonds is 3. The van der Waals surface area contributed by atoms with Crippen molar-refractivity contribution < 1.29 is 14.3 Å². The molecule has 0 aromatic heterocycles. The molecule has 1 amide bonds. The fraction of sp³-hybridized carbons (Fsp3) is 0.300. The third kappa shape index (κ3) is 3.54. The minimum absolute atomic E-state index is 0.0904. The lowest BCUT2D eigenvalue weighted by Crippen LogP contribution is -2.27. The first-order valence-corrected chi connectivity index (χ1v) is 8.59. The third-order valence-corrected chi connectivity index (χ3v) is 5.09. The maximum atomic E-state index is 12.5. The first-order chi connectivity index (χ1) is 11.9. The quantitative estimate of drug-likeness (QED) is 0.610. The highest BCUT2D eigenvalue weighted by molar-refractivity contribution is 6.31. The number of hydrogen-bond donors (Lipinski definition) is 0. The minimum Gasteiger partial charge on any atom is -0.426 e. The molecule has 3 rings (SSSR count). The van der Waals surface area contributed by atoms with E-state index in [-0.39, 0.29) is 18.3 Å². The summed E-state index contributed by atoms with van der Waals surface area (Å²) in [5, 5.41) is 0.603. The normalized spacial score (nSPS) is 17.0. The number of carbonyl (C=O) groups excluding carboxylic acids is 2. The number of anilines is 1. The number of aryl methyl sites for hydroxylation is 2. The van der Waals surface area contributed by atoms with Gasteiger partial charge in [0.2, 0.25) is 5.91 Å². The van der Waals surface area contributed by atoms with Crippen LogP contribution in [0.2, 0.25) is 5.02 Å². The number of ether oxygens (including phenoxy) is 1. The van der Waals surface area contributed by atoms with Crippen LogP contribution < -0.4 is 9.64 Å². The highest BCUT2D eigenvalue weighted by Crippen LogP contribution is 2.32. The Kier molecular flexibility index (Phi) is 4.82. The van der Waals surface area contributed by atoms with Crippen molar-refractivity contribution in [3.05, 3.63) is 58.1 Å². The Bertz CT molecular complexity index is 847. The van der Waals surface area contributed by atoms with Gasteiger partial charge >= 0.3 is 5.97 Å². The first-order valence-electron chi connectivity index (χ1n) is 8.21. The zero-order chi connectivity index (χ0) is 18.1. The molecule has 0 spiro atoms. The second-order valence-corrected chi connectivity index (χ2v) is 6.86. The van der Waals surface area contributed by atoms with E-state index in [1.54, 1.807) is 23.1 Å². The Morgan fingerprint density at radius 1 is 1.16 bits per heavy atom. The monoisotopic (exact) mass is 357 g/mol. The van der Waals surface area contributed by atoms with Crippen molar-refractivity contribution >= 4 is 29.2 Å². The molecule has 1 atom stereocenters. The molecule has 130 valence electrons. The molecule has 0 unspecified atom stereocenters. The number of carbonyl (C=O) groups is 2. The Morgan fingerprint density at radius 2 is 1.92 bits per heavy atom. The summed E-state index contributed by atoms with van der Waals surface area (Å²) in [6, 6.07) is 11.0.